The standard InChI is InChI=1S/C24H24N6/c1-16-24-20-7-6-18(17-8-11-26-12-9-17)14-21(20)23(10-13-30(24)29-28-16)27-22-5-3-2-4-19(22)15-25/h2-8,14,23,26-27H,9-13H2,1H3. The van der Waals surface area contributed by atoms with Crippen molar-refractivity contribution in [2.75, 3.05) is 18.4 Å². The van der Waals surface area contributed by atoms with E-state index in [-0.39, 0.29) is 6.04 Å². The summed E-state index contributed by atoms with van der Waals surface area (Å²) < 4.78 is 2.01. The van der Waals surface area contributed by atoms with E-state index in [1.54, 1.807) is 0 Å². The van der Waals surface area contributed by atoms with Crippen molar-refractivity contribution in [2.24, 2.45) is 0 Å². The van der Waals surface area contributed by atoms with E-state index in [2.05, 4.69) is 51.3 Å². The lowest BCUT2D eigenvalue weighted by Gasteiger charge is -2.23. The second-order valence-electron chi connectivity index (χ2n) is 7.88. The van der Waals surface area contributed by atoms with Gasteiger partial charge in [-0.1, -0.05) is 35.6 Å². The lowest BCUT2D eigenvalue weighted by Crippen LogP contribution is -2.20. The molecule has 0 saturated carbocycles. The number of aryl methyl sites for hydroxylation is 2. The highest BCUT2D eigenvalue weighted by atomic mass is 15.4. The molecule has 6 nitrogen and oxygen atoms in total. The average molecular weight is 396 g/mol. The molecule has 0 radical (unpaired) electrons. The SMILES string of the molecule is Cc1nnn2c1-c1ccc(C3=CCNCC3)cc1C(Nc1ccccc1C#N)CC2. The minimum atomic E-state index is 0.0814. The molecule has 5 rings (SSSR count). The maximum atomic E-state index is 9.53. The number of nitrogens with zero attached hydrogens (tertiary/aromatic N) is 4. The van der Waals surface area contributed by atoms with E-state index < -0.39 is 0 Å². The largest absolute Gasteiger partial charge is 0.377 e. The minimum absolute atomic E-state index is 0.0814. The number of hydrogen-bond donors (Lipinski definition) is 2. The molecule has 1 atom stereocenters. The zero-order chi connectivity index (χ0) is 20.5. The highest BCUT2D eigenvalue weighted by Crippen LogP contribution is 2.39. The van der Waals surface area contributed by atoms with Crippen LogP contribution in [0.4, 0.5) is 5.69 Å². The van der Waals surface area contributed by atoms with Crippen molar-refractivity contribution in [1.82, 2.24) is 20.3 Å². The number of para-hydroxylation sites is 1. The number of aromatic nitrogens is 3. The third-order valence-electron chi connectivity index (χ3n) is 6.03. The van der Waals surface area contributed by atoms with Crippen LogP contribution in [-0.2, 0) is 6.54 Å². The fourth-order valence-electron chi connectivity index (χ4n) is 4.49. The molecule has 0 fully saturated rings. The Kier molecular flexibility index (Phi) is 4.82. The van der Waals surface area contributed by atoms with Crippen LogP contribution in [0.25, 0.3) is 16.8 Å². The van der Waals surface area contributed by atoms with Gasteiger partial charge >= 0.3 is 0 Å². The summed E-state index contributed by atoms with van der Waals surface area (Å²) in [5.74, 6) is 0. The van der Waals surface area contributed by atoms with Crippen LogP contribution in [-0.4, -0.2) is 28.1 Å². The van der Waals surface area contributed by atoms with Crippen molar-refractivity contribution >= 4 is 11.3 Å². The summed E-state index contributed by atoms with van der Waals surface area (Å²) in [5.41, 5.74) is 8.64. The average Bonchev–Trinajstić information content (AvgIpc) is 3.09. The summed E-state index contributed by atoms with van der Waals surface area (Å²) in [6, 6.07) is 16.8. The molecule has 0 saturated heterocycles. The van der Waals surface area contributed by atoms with Gasteiger partial charge in [0.05, 0.1) is 28.7 Å². The van der Waals surface area contributed by atoms with Gasteiger partial charge in [-0.05, 0) is 61.2 Å². The van der Waals surface area contributed by atoms with E-state index >= 15 is 0 Å². The molecule has 6 heteroatoms. The van der Waals surface area contributed by atoms with Gasteiger partial charge < -0.3 is 10.6 Å². The quantitative estimate of drug-likeness (QED) is 0.698. The van der Waals surface area contributed by atoms with E-state index in [0.29, 0.717) is 5.56 Å². The summed E-state index contributed by atoms with van der Waals surface area (Å²) >= 11 is 0. The first-order valence-electron chi connectivity index (χ1n) is 10.4. The van der Waals surface area contributed by atoms with Gasteiger partial charge in [0.2, 0.25) is 0 Å². The van der Waals surface area contributed by atoms with Crippen molar-refractivity contribution in [2.45, 2.75) is 32.4 Å². The van der Waals surface area contributed by atoms with Crippen LogP contribution in [0.3, 0.4) is 0 Å². The molecule has 0 aliphatic carbocycles. The molecule has 2 aliphatic rings. The highest BCUT2D eigenvalue weighted by Gasteiger charge is 2.26. The van der Waals surface area contributed by atoms with Crippen LogP contribution in [0.2, 0.25) is 0 Å². The highest BCUT2D eigenvalue weighted by molar-refractivity contribution is 5.75. The molecule has 2 aromatic carbocycles. The molecule has 3 aromatic rings. The minimum Gasteiger partial charge on any atom is -0.377 e. The molecule has 30 heavy (non-hydrogen) atoms. The normalized spacial score (nSPS) is 17.9. The van der Waals surface area contributed by atoms with Crippen LogP contribution in [0.1, 0.15) is 41.3 Å². The second kappa shape index (κ2) is 7.77. The van der Waals surface area contributed by atoms with Crippen molar-refractivity contribution in [3.63, 3.8) is 0 Å². The third-order valence-corrected chi connectivity index (χ3v) is 6.03. The number of nitriles is 1. The molecule has 2 aliphatic heterocycles. The van der Waals surface area contributed by atoms with Crippen molar-refractivity contribution < 1.29 is 0 Å². The number of anilines is 1. The van der Waals surface area contributed by atoms with Gasteiger partial charge in [0, 0.05) is 18.7 Å². The summed E-state index contributed by atoms with van der Waals surface area (Å²) in [7, 11) is 0. The molecule has 0 amide bonds. The van der Waals surface area contributed by atoms with Crippen LogP contribution in [0.5, 0.6) is 0 Å². The summed E-state index contributed by atoms with van der Waals surface area (Å²) in [6.45, 7) is 4.72. The summed E-state index contributed by atoms with van der Waals surface area (Å²) in [5, 5.41) is 25.3. The fourth-order valence-corrected chi connectivity index (χ4v) is 4.49. The van der Waals surface area contributed by atoms with Gasteiger partial charge in [-0.3, -0.25) is 0 Å². The van der Waals surface area contributed by atoms with Crippen molar-refractivity contribution in [3.05, 3.63) is 70.9 Å². The Labute approximate surface area is 176 Å². The van der Waals surface area contributed by atoms with E-state index in [1.807, 2.05) is 35.9 Å². The van der Waals surface area contributed by atoms with E-state index in [9.17, 15) is 5.26 Å². The van der Waals surface area contributed by atoms with Crippen LogP contribution in [0.15, 0.2) is 48.5 Å². The predicted molar refractivity (Wildman–Crippen MR) is 118 cm³/mol. The molecule has 1 unspecified atom stereocenters. The van der Waals surface area contributed by atoms with Gasteiger partial charge in [-0.2, -0.15) is 5.26 Å². The molecule has 3 heterocycles. The number of benzene rings is 2. The molecule has 150 valence electrons. The molecular formula is C24H24N6. The second-order valence-corrected chi connectivity index (χ2v) is 7.88. The predicted octanol–water partition coefficient (Wildman–Crippen LogP) is 4.06. The van der Waals surface area contributed by atoms with E-state index in [1.165, 1.54) is 22.3 Å². The zero-order valence-electron chi connectivity index (χ0n) is 17.0. The van der Waals surface area contributed by atoms with Gasteiger partial charge in [0.1, 0.15) is 6.07 Å². The van der Waals surface area contributed by atoms with Gasteiger partial charge in [0.25, 0.3) is 0 Å². The number of nitrogens with one attached hydrogen (secondary N) is 2. The van der Waals surface area contributed by atoms with Crippen molar-refractivity contribution in [1.29, 1.82) is 5.26 Å². The van der Waals surface area contributed by atoms with Crippen LogP contribution >= 0.6 is 0 Å². The molecule has 0 bridgehead atoms. The molecular weight excluding hydrogens is 372 g/mol. The monoisotopic (exact) mass is 396 g/mol. The van der Waals surface area contributed by atoms with Gasteiger partial charge in [-0.15, -0.1) is 5.10 Å². The number of fused-ring (bicyclic) bond motifs is 3. The lowest BCUT2D eigenvalue weighted by atomic mass is 9.90. The molecule has 1 aromatic heterocycles. The smallest absolute Gasteiger partial charge is 0.101 e. The first-order valence-corrected chi connectivity index (χ1v) is 10.4. The summed E-state index contributed by atoms with van der Waals surface area (Å²) in [4.78, 5) is 0. The Morgan fingerprint density at radius 1 is 1.23 bits per heavy atom. The van der Waals surface area contributed by atoms with E-state index in [4.69, 9.17) is 0 Å². The summed E-state index contributed by atoms with van der Waals surface area (Å²) in [6.07, 6.45) is 4.19. The van der Waals surface area contributed by atoms with Crippen molar-refractivity contribution in [3.8, 4) is 17.3 Å². The topological polar surface area (TPSA) is 78.6 Å². The van der Waals surface area contributed by atoms with Crippen LogP contribution < -0.4 is 10.6 Å². The molecule has 0 spiro atoms. The number of hydrogen-bond acceptors (Lipinski definition) is 5. The number of rotatable bonds is 3. The third kappa shape index (κ3) is 3.27. The Morgan fingerprint density at radius 2 is 2.13 bits per heavy atom. The Bertz CT molecular complexity index is 1170. The van der Waals surface area contributed by atoms with Crippen LogP contribution in [0, 0.1) is 18.3 Å². The first-order chi connectivity index (χ1) is 14.7. The Hall–Kier alpha value is -3.43. The van der Waals surface area contributed by atoms with Gasteiger partial charge in [-0.25, -0.2) is 4.68 Å². The lowest BCUT2D eigenvalue weighted by molar-refractivity contribution is 0.539. The maximum Gasteiger partial charge on any atom is 0.101 e. The zero-order valence-corrected chi connectivity index (χ0v) is 17.0. The molecule has 2 N–H and O–H groups in total. The van der Waals surface area contributed by atoms with Gasteiger partial charge in [0.15, 0.2) is 0 Å². The van der Waals surface area contributed by atoms with E-state index in [0.717, 1.165) is 49.6 Å². The Balaban J connectivity index is 1.62. The fraction of sp³-hybridized carbons (Fsp3) is 0.292. The Morgan fingerprint density at radius 3 is 2.97 bits per heavy atom. The maximum absolute atomic E-state index is 9.53. The first kappa shape index (κ1) is 18.6.